The number of nitrogen functional groups attached to an aromatic ring is 1. The van der Waals surface area contributed by atoms with E-state index in [0.717, 1.165) is 35.6 Å². The van der Waals surface area contributed by atoms with E-state index >= 15 is 0 Å². The Hall–Kier alpha value is -2.40. The van der Waals surface area contributed by atoms with Crippen molar-refractivity contribution in [3.63, 3.8) is 0 Å². The number of hydrogen-bond acceptors (Lipinski definition) is 5. The van der Waals surface area contributed by atoms with Gasteiger partial charge in [-0.05, 0) is 93.1 Å². The number of nitrogens with two attached hydrogens (primary N) is 1. The Labute approximate surface area is 173 Å². The number of fused-ring (bicyclic) bond motifs is 1. The van der Waals surface area contributed by atoms with Crippen LogP contribution < -0.4 is 16.4 Å². The lowest BCUT2D eigenvalue weighted by Crippen LogP contribution is -2.25. The zero-order valence-corrected chi connectivity index (χ0v) is 17.2. The van der Waals surface area contributed by atoms with Gasteiger partial charge in [0.1, 0.15) is 0 Å². The van der Waals surface area contributed by atoms with Gasteiger partial charge in [-0.3, -0.25) is 0 Å². The van der Waals surface area contributed by atoms with Crippen LogP contribution in [0.15, 0.2) is 41.7 Å². The highest BCUT2D eigenvalue weighted by Crippen LogP contribution is 2.44. The van der Waals surface area contributed by atoms with Crippen LogP contribution in [0.4, 0.5) is 5.95 Å². The second kappa shape index (κ2) is 7.79. The summed E-state index contributed by atoms with van der Waals surface area (Å²) >= 11 is 0. The third-order valence-electron chi connectivity index (χ3n) is 7.18. The molecule has 2 aromatic rings. The molecular formula is C24H31N5. The Bertz CT molecular complexity index is 917. The zero-order valence-electron chi connectivity index (χ0n) is 17.2. The SMILES string of the molecule is Cc1cc(-c2ccnc(N)n2)ccc1CNC(=C1CCC1)C1CC2CNCC2C1. The van der Waals surface area contributed by atoms with E-state index in [1.165, 1.54) is 56.3 Å². The van der Waals surface area contributed by atoms with Gasteiger partial charge in [0.05, 0.1) is 5.69 Å². The van der Waals surface area contributed by atoms with Gasteiger partial charge >= 0.3 is 0 Å². The zero-order chi connectivity index (χ0) is 19.8. The van der Waals surface area contributed by atoms with E-state index in [0.29, 0.717) is 5.95 Å². The topological polar surface area (TPSA) is 75.9 Å². The average molecular weight is 390 g/mol. The molecule has 5 nitrogen and oxygen atoms in total. The van der Waals surface area contributed by atoms with Crippen LogP contribution in [0.3, 0.4) is 0 Å². The number of allylic oxidation sites excluding steroid dienone is 2. The molecule has 2 aliphatic carbocycles. The fourth-order valence-corrected chi connectivity index (χ4v) is 5.36. The summed E-state index contributed by atoms with van der Waals surface area (Å²) in [4.78, 5) is 8.34. The van der Waals surface area contributed by atoms with Crippen molar-refractivity contribution in [2.24, 2.45) is 17.8 Å². The standard InChI is InChI=1S/C24H31N5/c1-15-9-17(22-7-8-27-24(25)29-22)5-6-18(15)14-28-23(16-3-2-4-16)19-10-20-12-26-13-21(20)11-19/h5-9,19-21,26,28H,2-4,10-14H2,1H3,(H2,25,27,29). The molecule has 1 aromatic heterocycles. The van der Waals surface area contributed by atoms with E-state index in [2.05, 4.69) is 45.7 Å². The van der Waals surface area contributed by atoms with Crippen molar-refractivity contribution in [1.29, 1.82) is 0 Å². The fourth-order valence-electron chi connectivity index (χ4n) is 5.36. The summed E-state index contributed by atoms with van der Waals surface area (Å²) in [5.41, 5.74) is 13.6. The Morgan fingerprint density at radius 3 is 2.62 bits per heavy atom. The molecule has 1 aromatic carbocycles. The molecule has 2 saturated carbocycles. The molecule has 1 saturated heterocycles. The minimum absolute atomic E-state index is 0.319. The predicted octanol–water partition coefficient (Wildman–Crippen LogP) is 3.81. The third-order valence-corrected chi connectivity index (χ3v) is 7.18. The lowest BCUT2D eigenvalue weighted by Gasteiger charge is -2.28. The summed E-state index contributed by atoms with van der Waals surface area (Å²) in [6.45, 7) is 5.53. The summed E-state index contributed by atoms with van der Waals surface area (Å²) in [6, 6.07) is 8.49. The van der Waals surface area contributed by atoms with E-state index in [1.807, 2.05) is 6.07 Å². The first-order valence-electron chi connectivity index (χ1n) is 11.0. The van der Waals surface area contributed by atoms with E-state index in [1.54, 1.807) is 17.5 Å². The molecule has 4 N–H and O–H groups in total. The van der Waals surface area contributed by atoms with Gasteiger partial charge in [0.2, 0.25) is 5.95 Å². The number of rotatable bonds is 5. The van der Waals surface area contributed by atoms with Crippen LogP contribution in [0.25, 0.3) is 11.3 Å². The summed E-state index contributed by atoms with van der Waals surface area (Å²) < 4.78 is 0. The van der Waals surface area contributed by atoms with Gasteiger partial charge in [-0.2, -0.15) is 0 Å². The minimum atomic E-state index is 0.319. The molecule has 152 valence electrons. The molecule has 3 fully saturated rings. The molecule has 1 aliphatic heterocycles. The smallest absolute Gasteiger partial charge is 0.220 e. The highest BCUT2D eigenvalue weighted by Gasteiger charge is 2.39. The van der Waals surface area contributed by atoms with Gasteiger partial charge in [0.15, 0.2) is 0 Å². The van der Waals surface area contributed by atoms with Crippen LogP contribution >= 0.6 is 0 Å². The molecule has 5 heteroatoms. The van der Waals surface area contributed by atoms with Crippen molar-refractivity contribution in [2.45, 2.75) is 45.6 Å². The number of benzene rings is 1. The summed E-state index contributed by atoms with van der Waals surface area (Å²) in [7, 11) is 0. The molecular weight excluding hydrogens is 358 g/mol. The van der Waals surface area contributed by atoms with Crippen LogP contribution in [0, 0.1) is 24.7 Å². The van der Waals surface area contributed by atoms with E-state index in [-0.39, 0.29) is 0 Å². The van der Waals surface area contributed by atoms with Gasteiger partial charge in [0, 0.05) is 24.0 Å². The van der Waals surface area contributed by atoms with Gasteiger partial charge in [0.25, 0.3) is 0 Å². The molecule has 2 unspecified atom stereocenters. The Morgan fingerprint density at radius 2 is 1.97 bits per heavy atom. The minimum Gasteiger partial charge on any atom is -0.384 e. The van der Waals surface area contributed by atoms with Crippen molar-refractivity contribution in [1.82, 2.24) is 20.6 Å². The van der Waals surface area contributed by atoms with Crippen molar-refractivity contribution >= 4 is 5.95 Å². The molecule has 0 spiro atoms. The van der Waals surface area contributed by atoms with Crippen molar-refractivity contribution in [3.8, 4) is 11.3 Å². The third kappa shape index (κ3) is 3.76. The number of aromatic nitrogens is 2. The monoisotopic (exact) mass is 389 g/mol. The number of nitrogens with zero attached hydrogens (tertiary/aromatic N) is 2. The average Bonchev–Trinajstić information content (AvgIpc) is 3.26. The molecule has 2 atom stereocenters. The molecule has 2 heterocycles. The molecule has 0 amide bonds. The second-order valence-electron chi connectivity index (χ2n) is 9.01. The van der Waals surface area contributed by atoms with Gasteiger partial charge < -0.3 is 16.4 Å². The second-order valence-corrected chi connectivity index (χ2v) is 9.01. The van der Waals surface area contributed by atoms with Crippen molar-refractivity contribution in [3.05, 3.63) is 52.9 Å². The lowest BCUT2D eigenvalue weighted by molar-refractivity contribution is 0.491. The van der Waals surface area contributed by atoms with E-state index in [4.69, 9.17) is 5.73 Å². The number of anilines is 1. The van der Waals surface area contributed by atoms with Crippen LogP contribution in [0.2, 0.25) is 0 Å². The maximum absolute atomic E-state index is 5.74. The van der Waals surface area contributed by atoms with Gasteiger partial charge in [-0.15, -0.1) is 0 Å². The molecule has 3 aliphatic rings. The Balaban J connectivity index is 1.30. The quantitative estimate of drug-likeness (QED) is 0.725. The summed E-state index contributed by atoms with van der Waals surface area (Å²) in [6.07, 6.45) is 8.37. The van der Waals surface area contributed by atoms with Crippen LogP contribution in [-0.2, 0) is 6.54 Å². The molecule has 5 rings (SSSR count). The lowest BCUT2D eigenvalue weighted by atomic mass is 9.85. The Kier molecular flexibility index (Phi) is 5.00. The van der Waals surface area contributed by atoms with Gasteiger partial charge in [-0.25, -0.2) is 9.97 Å². The Morgan fingerprint density at radius 1 is 1.17 bits per heavy atom. The summed E-state index contributed by atoms with van der Waals surface area (Å²) in [5.74, 6) is 2.84. The largest absolute Gasteiger partial charge is 0.384 e. The number of hydrogen-bond donors (Lipinski definition) is 3. The summed E-state index contributed by atoms with van der Waals surface area (Å²) in [5, 5.41) is 7.47. The van der Waals surface area contributed by atoms with Crippen LogP contribution in [-0.4, -0.2) is 23.1 Å². The molecule has 29 heavy (non-hydrogen) atoms. The van der Waals surface area contributed by atoms with Crippen molar-refractivity contribution < 1.29 is 0 Å². The normalized spacial score (nSPS) is 25.6. The molecule has 0 bridgehead atoms. The first-order valence-corrected chi connectivity index (χ1v) is 11.0. The van der Waals surface area contributed by atoms with Crippen LogP contribution in [0.5, 0.6) is 0 Å². The maximum Gasteiger partial charge on any atom is 0.220 e. The first-order chi connectivity index (χ1) is 14.2. The van der Waals surface area contributed by atoms with Crippen LogP contribution in [0.1, 0.15) is 43.2 Å². The highest BCUT2D eigenvalue weighted by molar-refractivity contribution is 5.61. The number of aryl methyl sites for hydroxylation is 1. The first kappa shape index (κ1) is 18.6. The van der Waals surface area contributed by atoms with Crippen molar-refractivity contribution in [2.75, 3.05) is 18.8 Å². The number of nitrogens with one attached hydrogen (secondary N) is 2. The van der Waals surface area contributed by atoms with E-state index in [9.17, 15) is 0 Å². The van der Waals surface area contributed by atoms with E-state index < -0.39 is 0 Å². The fraction of sp³-hybridized carbons (Fsp3) is 0.500. The maximum atomic E-state index is 5.74. The predicted molar refractivity (Wildman–Crippen MR) is 117 cm³/mol. The highest BCUT2D eigenvalue weighted by atomic mass is 15.0. The van der Waals surface area contributed by atoms with Gasteiger partial charge in [-0.1, -0.05) is 17.7 Å². The molecule has 0 radical (unpaired) electrons.